The Bertz CT molecular complexity index is 2070. The molecule has 48 heavy (non-hydrogen) atoms. The van der Waals surface area contributed by atoms with Crippen molar-refractivity contribution in [1.29, 1.82) is 0 Å². The molecule has 238 valence electrons. The lowest BCUT2D eigenvalue weighted by molar-refractivity contribution is -0.135. The van der Waals surface area contributed by atoms with Crippen molar-refractivity contribution in [1.82, 2.24) is 0 Å². The molecule has 4 aliphatic rings. The molecule has 6 atom stereocenters. The molecule has 0 aromatic heterocycles. The number of benzene rings is 4. The molecule has 2 amide bonds. The third-order valence-electron chi connectivity index (χ3n) is 11.0. The number of nitrogens with zero attached hydrogens (tertiary/aromatic N) is 1. The Morgan fingerprint density at radius 3 is 2.19 bits per heavy atom. The second-order valence-electron chi connectivity index (χ2n) is 13.3. The second-order valence-corrected chi connectivity index (χ2v) is 14.6. The Labute approximate surface area is 292 Å². The summed E-state index contributed by atoms with van der Waals surface area (Å²) in [5.41, 5.74) is 3.37. The maximum atomic E-state index is 15.1. The summed E-state index contributed by atoms with van der Waals surface area (Å²) in [4.78, 5) is 59.8. The number of imide groups is 1. The van der Waals surface area contributed by atoms with Gasteiger partial charge in [0.05, 0.1) is 22.9 Å². The van der Waals surface area contributed by atoms with Crippen LogP contribution >= 0.6 is 22.6 Å². The fourth-order valence-electron chi connectivity index (χ4n) is 8.95. The highest BCUT2D eigenvalue weighted by molar-refractivity contribution is 14.1. The van der Waals surface area contributed by atoms with E-state index in [9.17, 15) is 19.5 Å². The average Bonchev–Trinajstić information content (AvgIpc) is 3.36. The summed E-state index contributed by atoms with van der Waals surface area (Å²) in [5, 5.41) is 10.6. The molecule has 1 saturated heterocycles. The molecule has 3 aliphatic carbocycles. The Morgan fingerprint density at radius 1 is 0.812 bits per heavy atom. The fraction of sp³-hybridized carbons (Fsp3) is 0.220. The normalized spacial score (nSPS) is 28.0. The van der Waals surface area contributed by atoms with Crippen LogP contribution in [0.25, 0.3) is 5.57 Å². The van der Waals surface area contributed by atoms with Crippen molar-refractivity contribution in [3.05, 3.63) is 147 Å². The quantitative estimate of drug-likeness (QED) is 0.134. The van der Waals surface area contributed by atoms with Gasteiger partial charge in [-0.3, -0.25) is 24.1 Å². The Hall–Kier alpha value is -4.63. The first-order valence-corrected chi connectivity index (χ1v) is 17.3. The number of amides is 2. The van der Waals surface area contributed by atoms with Crippen LogP contribution in [-0.2, 0) is 24.6 Å². The summed E-state index contributed by atoms with van der Waals surface area (Å²) >= 11 is 2.20. The van der Waals surface area contributed by atoms with Gasteiger partial charge in [0.2, 0.25) is 11.8 Å². The van der Waals surface area contributed by atoms with E-state index in [0.717, 1.165) is 20.3 Å². The van der Waals surface area contributed by atoms with E-state index >= 15 is 4.79 Å². The molecule has 0 spiro atoms. The number of phenols is 1. The van der Waals surface area contributed by atoms with Crippen molar-refractivity contribution in [2.45, 2.75) is 31.1 Å². The van der Waals surface area contributed by atoms with Gasteiger partial charge < -0.3 is 5.11 Å². The first-order chi connectivity index (χ1) is 23.2. The molecule has 1 heterocycles. The summed E-state index contributed by atoms with van der Waals surface area (Å²) in [6.07, 6.45) is 4.20. The molecule has 2 fully saturated rings. The van der Waals surface area contributed by atoms with Gasteiger partial charge in [0.1, 0.15) is 5.75 Å². The van der Waals surface area contributed by atoms with Gasteiger partial charge in [-0.15, -0.1) is 0 Å². The van der Waals surface area contributed by atoms with Crippen molar-refractivity contribution in [2.24, 2.45) is 23.7 Å². The molecule has 4 aromatic rings. The molecule has 0 bridgehead atoms. The topological polar surface area (TPSA) is 91.8 Å². The predicted octanol–water partition coefficient (Wildman–Crippen LogP) is 7.33. The smallest absolute Gasteiger partial charge is 0.238 e. The van der Waals surface area contributed by atoms with Crippen LogP contribution in [0.3, 0.4) is 0 Å². The highest BCUT2D eigenvalue weighted by Crippen LogP contribution is 2.63. The molecule has 1 N–H and O–H groups in total. The Kier molecular flexibility index (Phi) is 7.36. The van der Waals surface area contributed by atoms with E-state index in [1.165, 1.54) is 11.0 Å². The van der Waals surface area contributed by atoms with Crippen molar-refractivity contribution >= 4 is 57.2 Å². The van der Waals surface area contributed by atoms with Crippen LogP contribution in [0.4, 0.5) is 5.69 Å². The van der Waals surface area contributed by atoms with Crippen LogP contribution in [0, 0.1) is 34.2 Å². The maximum Gasteiger partial charge on any atom is 0.238 e. The molecule has 0 radical (unpaired) electrons. The molecular weight excluding hydrogens is 713 g/mol. The minimum absolute atomic E-state index is 0.135. The maximum absolute atomic E-state index is 15.1. The number of fused-ring (bicyclic) bond motifs is 4. The number of halogens is 1. The summed E-state index contributed by atoms with van der Waals surface area (Å²) in [6, 6.07) is 31.5. The number of aryl methyl sites for hydroxylation is 1. The van der Waals surface area contributed by atoms with E-state index in [1.807, 2.05) is 91.9 Å². The van der Waals surface area contributed by atoms with Crippen LogP contribution in [0.2, 0.25) is 0 Å². The van der Waals surface area contributed by atoms with Crippen molar-refractivity contribution in [3.8, 4) is 5.75 Å². The zero-order valence-electron chi connectivity index (χ0n) is 26.2. The number of aromatic hydroxyl groups is 1. The monoisotopic (exact) mass is 745 g/mol. The minimum atomic E-state index is -1.29. The van der Waals surface area contributed by atoms with Gasteiger partial charge in [-0.2, -0.15) is 0 Å². The number of Topliss-reactive ketones (excluding diaryl/α,β-unsaturated/α-hetero) is 1. The molecule has 1 aliphatic heterocycles. The zero-order valence-corrected chi connectivity index (χ0v) is 28.3. The standard InChI is InChI=1S/C41H32INO5/c1-23-20-25(12-19-34(23)44)37-29-17-18-30-36(40(48)43(39(30)47)28-15-13-27(42)14-16-28)32(29)21-33-38(46)31(24-8-4-2-5-9-24)22-35(45)41(33,37)26-10-6-3-7-11-26/h2-17,19-20,22,30,32-33,36-37,44H,18,21H2,1H3. The average molecular weight is 746 g/mol. The number of hydrogen-bond acceptors (Lipinski definition) is 5. The summed E-state index contributed by atoms with van der Waals surface area (Å²) in [7, 11) is 0. The van der Waals surface area contributed by atoms with E-state index in [0.29, 0.717) is 28.8 Å². The lowest BCUT2D eigenvalue weighted by Gasteiger charge is -2.55. The molecule has 1 saturated carbocycles. The van der Waals surface area contributed by atoms with E-state index in [2.05, 4.69) is 28.7 Å². The van der Waals surface area contributed by atoms with Crippen molar-refractivity contribution < 1.29 is 24.3 Å². The van der Waals surface area contributed by atoms with Gasteiger partial charge in [0, 0.05) is 21.0 Å². The Morgan fingerprint density at radius 2 is 1.50 bits per heavy atom. The fourth-order valence-corrected chi connectivity index (χ4v) is 9.31. The van der Waals surface area contributed by atoms with Gasteiger partial charge >= 0.3 is 0 Å². The van der Waals surface area contributed by atoms with Gasteiger partial charge in [0.15, 0.2) is 11.6 Å². The SMILES string of the molecule is Cc1cc(C2C3=CCC4C(=O)N(c5ccc(I)cc5)C(=O)C4C3CC3C(=O)C(c4ccccc4)=CC(=O)C32c2ccccc2)ccc1O. The van der Waals surface area contributed by atoms with Crippen LogP contribution in [-0.4, -0.2) is 28.5 Å². The number of allylic oxidation sites excluding steroid dienone is 4. The number of anilines is 1. The van der Waals surface area contributed by atoms with Crippen molar-refractivity contribution in [3.63, 3.8) is 0 Å². The first kappa shape index (κ1) is 30.7. The highest BCUT2D eigenvalue weighted by Gasteiger charge is 2.66. The first-order valence-electron chi connectivity index (χ1n) is 16.3. The molecule has 4 aromatic carbocycles. The number of ketones is 2. The van der Waals surface area contributed by atoms with Gasteiger partial charge in [0.25, 0.3) is 0 Å². The minimum Gasteiger partial charge on any atom is -0.508 e. The number of hydrogen-bond donors (Lipinski definition) is 1. The summed E-state index contributed by atoms with van der Waals surface area (Å²) in [5.74, 6) is -3.74. The zero-order chi connectivity index (χ0) is 33.3. The largest absolute Gasteiger partial charge is 0.508 e. The second kappa shape index (κ2) is 11.5. The van der Waals surface area contributed by atoms with E-state index < -0.39 is 35.0 Å². The van der Waals surface area contributed by atoms with Crippen LogP contribution in [0.5, 0.6) is 5.75 Å². The Balaban J connectivity index is 1.36. The number of rotatable bonds is 4. The molecule has 7 heteroatoms. The predicted molar refractivity (Wildman–Crippen MR) is 191 cm³/mol. The highest BCUT2D eigenvalue weighted by atomic mass is 127. The van der Waals surface area contributed by atoms with Crippen LogP contribution in [0.1, 0.15) is 41.0 Å². The lowest BCUT2D eigenvalue weighted by Crippen LogP contribution is -2.58. The molecule has 6 nitrogen and oxygen atoms in total. The summed E-state index contributed by atoms with van der Waals surface area (Å²) in [6.45, 7) is 1.82. The van der Waals surface area contributed by atoms with Crippen LogP contribution in [0.15, 0.2) is 121 Å². The van der Waals surface area contributed by atoms with Gasteiger partial charge in [-0.05, 0) is 107 Å². The summed E-state index contributed by atoms with van der Waals surface area (Å²) < 4.78 is 0.996. The van der Waals surface area contributed by atoms with E-state index in [1.54, 1.807) is 18.2 Å². The van der Waals surface area contributed by atoms with Gasteiger partial charge in [-0.1, -0.05) is 84.4 Å². The van der Waals surface area contributed by atoms with Gasteiger partial charge in [-0.25, -0.2) is 0 Å². The lowest BCUT2D eigenvalue weighted by atomic mass is 9.44. The number of carbonyl (C=O) groups excluding carboxylic acids is 4. The third-order valence-corrected chi connectivity index (χ3v) is 11.7. The van der Waals surface area contributed by atoms with E-state index in [4.69, 9.17) is 0 Å². The number of phenolic OH excluding ortho intramolecular Hbond substituents is 1. The van der Waals surface area contributed by atoms with Crippen molar-refractivity contribution in [2.75, 3.05) is 4.90 Å². The number of carbonyl (C=O) groups is 4. The molecule has 8 rings (SSSR count). The molecular formula is C41H32INO5. The van der Waals surface area contributed by atoms with Crippen LogP contribution < -0.4 is 4.90 Å². The molecule has 6 unspecified atom stereocenters. The van der Waals surface area contributed by atoms with E-state index in [-0.39, 0.29) is 35.6 Å². The third kappa shape index (κ3) is 4.43.